The fraction of sp³-hybridized carbons (Fsp3) is 0.100. The van der Waals surface area contributed by atoms with E-state index in [2.05, 4.69) is 4.98 Å². The monoisotopic (exact) mass is 252 g/mol. The molecule has 0 fully saturated rings. The molecule has 1 aromatic heterocycles. The van der Waals surface area contributed by atoms with Gasteiger partial charge < -0.3 is 5.73 Å². The summed E-state index contributed by atoms with van der Waals surface area (Å²) in [6, 6.07) is 7.22. The Labute approximate surface area is 99.1 Å². The van der Waals surface area contributed by atoms with Gasteiger partial charge in [-0.1, -0.05) is 24.3 Å². The van der Waals surface area contributed by atoms with Gasteiger partial charge in [-0.25, -0.2) is 14.1 Å². The van der Waals surface area contributed by atoms with Gasteiger partial charge in [-0.15, -0.1) is 0 Å². The molecule has 0 amide bonds. The van der Waals surface area contributed by atoms with E-state index in [0.717, 1.165) is 9.54 Å². The van der Waals surface area contributed by atoms with Crippen LogP contribution in [-0.2, 0) is 16.8 Å². The van der Waals surface area contributed by atoms with E-state index in [9.17, 15) is 8.42 Å². The van der Waals surface area contributed by atoms with E-state index in [1.54, 1.807) is 12.1 Å². The average molecular weight is 252 g/mol. The number of imidazole rings is 1. The maximum atomic E-state index is 11.3. The summed E-state index contributed by atoms with van der Waals surface area (Å²) in [6.07, 6.45) is 2.61. The highest BCUT2D eigenvalue weighted by Gasteiger charge is 2.12. The average Bonchev–Trinajstić information content (AvgIpc) is 2.78. The Morgan fingerprint density at radius 3 is 2.41 bits per heavy atom. The number of rotatable bonds is 3. The molecule has 0 saturated heterocycles. The highest BCUT2D eigenvalue weighted by Crippen LogP contribution is 2.20. The number of hydrogen-bond donors (Lipinski definition) is 2. The lowest BCUT2D eigenvalue weighted by Crippen LogP contribution is -2.21. The van der Waals surface area contributed by atoms with Crippen LogP contribution in [-0.4, -0.2) is 17.4 Å². The first-order chi connectivity index (χ1) is 8.02. The van der Waals surface area contributed by atoms with Gasteiger partial charge >= 0.3 is 10.2 Å². The molecule has 4 N–H and O–H groups in total. The largest absolute Gasteiger partial charge is 0.326 e. The summed E-state index contributed by atoms with van der Waals surface area (Å²) < 4.78 is 23.5. The molecule has 0 saturated carbocycles. The molecule has 0 aliphatic rings. The van der Waals surface area contributed by atoms with E-state index in [1.807, 2.05) is 12.1 Å². The lowest BCUT2D eigenvalue weighted by atomic mass is 10.1. The Morgan fingerprint density at radius 1 is 1.24 bits per heavy atom. The molecule has 0 radical (unpaired) electrons. The van der Waals surface area contributed by atoms with Crippen molar-refractivity contribution in [3.8, 4) is 11.3 Å². The van der Waals surface area contributed by atoms with Gasteiger partial charge in [0, 0.05) is 12.1 Å². The number of nitrogens with zero attached hydrogens (tertiary/aromatic N) is 2. The fourth-order valence-electron chi connectivity index (χ4n) is 1.50. The van der Waals surface area contributed by atoms with Gasteiger partial charge in [0.05, 0.1) is 11.9 Å². The summed E-state index contributed by atoms with van der Waals surface area (Å²) in [5, 5.41) is 5.07. The standard InChI is InChI=1S/C10H12N4O2S/c11-5-8-1-3-9(4-2-8)10-6-13-7-14(10)17(12,15)16/h1-4,6-7H,5,11H2,(H2,12,15,16). The molecule has 0 aliphatic heterocycles. The Balaban J connectivity index is 2.50. The summed E-state index contributed by atoms with van der Waals surface area (Å²) in [7, 11) is -3.82. The minimum atomic E-state index is -3.82. The summed E-state index contributed by atoms with van der Waals surface area (Å²) in [6.45, 7) is 0.439. The van der Waals surface area contributed by atoms with Crippen LogP contribution in [0.1, 0.15) is 5.56 Å². The topological polar surface area (TPSA) is 104 Å². The second-order valence-electron chi connectivity index (χ2n) is 3.52. The zero-order valence-corrected chi connectivity index (χ0v) is 9.76. The van der Waals surface area contributed by atoms with E-state index < -0.39 is 10.2 Å². The van der Waals surface area contributed by atoms with Gasteiger partial charge in [0.1, 0.15) is 6.33 Å². The molecular weight excluding hydrogens is 240 g/mol. The van der Waals surface area contributed by atoms with Crippen molar-refractivity contribution in [1.29, 1.82) is 0 Å². The van der Waals surface area contributed by atoms with Crippen LogP contribution in [0.5, 0.6) is 0 Å². The molecule has 1 aromatic carbocycles. The zero-order chi connectivity index (χ0) is 12.5. The van der Waals surface area contributed by atoms with Gasteiger partial charge in [0.25, 0.3) is 0 Å². The maximum Gasteiger partial charge on any atom is 0.304 e. The first-order valence-electron chi connectivity index (χ1n) is 4.87. The van der Waals surface area contributed by atoms with Crippen molar-refractivity contribution in [2.75, 3.05) is 0 Å². The van der Waals surface area contributed by atoms with Gasteiger partial charge in [-0.3, -0.25) is 0 Å². The van der Waals surface area contributed by atoms with Crippen molar-refractivity contribution in [2.45, 2.75) is 6.54 Å². The normalized spacial score (nSPS) is 11.6. The second-order valence-corrected chi connectivity index (χ2v) is 4.94. The van der Waals surface area contributed by atoms with Crippen molar-refractivity contribution in [3.63, 3.8) is 0 Å². The molecule has 0 unspecified atom stereocenters. The summed E-state index contributed by atoms with van der Waals surface area (Å²) in [5.41, 5.74) is 7.60. The van der Waals surface area contributed by atoms with Crippen LogP contribution in [0.15, 0.2) is 36.8 Å². The molecule has 2 rings (SSSR count). The Kier molecular flexibility index (Phi) is 2.97. The molecule has 17 heavy (non-hydrogen) atoms. The number of benzene rings is 1. The van der Waals surface area contributed by atoms with Crippen LogP contribution in [0.25, 0.3) is 11.3 Å². The number of aromatic nitrogens is 2. The van der Waals surface area contributed by atoms with Crippen LogP contribution in [0.3, 0.4) is 0 Å². The van der Waals surface area contributed by atoms with Crippen LogP contribution in [0.4, 0.5) is 0 Å². The fourth-order valence-corrected chi connectivity index (χ4v) is 2.11. The zero-order valence-electron chi connectivity index (χ0n) is 8.95. The molecule has 0 bridgehead atoms. The van der Waals surface area contributed by atoms with E-state index >= 15 is 0 Å². The van der Waals surface area contributed by atoms with Crippen molar-refractivity contribution in [1.82, 2.24) is 8.96 Å². The smallest absolute Gasteiger partial charge is 0.304 e. The first kappa shape index (κ1) is 11.8. The molecule has 2 aromatic rings. The molecule has 7 heteroatoms. The molecule has 0 spiro atoms. The van der Waals surface area contributed by atoms with Crippen molar-refractivity contribution in [2.24, 2.45) is 10.9 Å². The van der Waals surface area contributed by atoms with Crippen LogP contribution >= 0.6 is 0 Å². The van der Waals surface area contributed by atoms with Gasteiger partial charge in [0.2, 0.25) is 0 Å². The lowest BCUT2D eigenvalue weighted by molar-refractivity contribution is 0.589. The Bertz CT molecular complexity index is 616. The minimum absolute atomic E-state index is 0.427. The van der Waals surface area contributed by atoms with Gasteiger partial charge in [-0.05, 0) is 5.56 Å². The third-order valence-electron chi connectivity index (χ3n) is 2.37. The van der Waals surface area contributed by atoms with E-state index in [1.165, 1.54) is 12.5 Å². The molecule has 0 aliphatic carbocycles. The predicted molar refractivity (Wildman–Crippen MR) is 64.1 cm³/mol. The quantitative estimate of drug-likeness (QED) is 0.806. The van der Waals surface area contributed by atoms with Gasteiger partial charge in [0.15, 0.2) is 0 Å². The number of nitrogens with two attached hydrogens (primary N) is 2. The molecule has 0 atom stereocenters. The third kappa shape index (κ3) is 2.36. The lowest BCUT2D eigenvalue weighted by Gasteiger charge is -2.05. The molecule has 6 nitrogen and oxygen atoms in total. The third-order valence-corrected chi connectivity index (χ3v) is 3.20. The van der Waals surface area contributed by atoms with Crippen molar-refractivity contribution < 1.29 is 8.42 Å². The predicted octanol–water partition coefficient (Wildman–Crippen LogP) is 0.0604. The van der Waals surface area contributed by atoms with Crippen LogP contribution < -0.4 is 10.9 Å². The van der Waals surface area contributed by atoms with Gasteiger partial charge in [-0.2, -0.15) is 8.42 Å². The summed E-state index contributed by atoms with van der Waals surface area (Å²) >= 11 is 0. The highest BCUT2D eigenvalue weighted by molar-refractivity contribution is 7.87. The Morgan fingerprint density at radius 2 is 1.88 bits per heavy atom. The molecule has 1 heterocycles. The van der Waals surface area contributed by atoms with E-state index in [-0.39, 0.29) is 0 Å². The highest BCUT2D eigenvalue weighted by atomic mass is 32.2. The van der Waals surface area contributed by atoms with Crippen LogP contribution in [0, 0.1) is 0 Å². The summed E-state index contributed by atoms with van der Waals surface area (Å²) in [5.74, 6) is 0. The molecule has 90 valence electrons. The first-order valence-corrected chi connectivity index (χ1v) is 6.37. The molecular formula is C10H12N4O2S. The van der Waals surface area contributed by atoms with Crippen LogP contribution in [0.2, 0.25) is 0 Å². The number of hydrogen-bond acceptors (Lipinski definition) is 4. The van der Waals surface area contributed by atoms with E-state index in [0.29, 0.717) is 17.8 Å². The Hall–Kier alpha value is -1.70. The summed E-state index contributed by atoms with van der Waals surface area (Å²) in [4.78, 5) is 3.79. The second kappa shape index (κ2) is 4.28. The minimum Gasteiger partial charge on any atom is -0.326 e. The van der Waals surface area contributed by atoms with E-state index in [4.69, 9.17) is 10.9 Å². The maximum absolute atomic E-state index is 11.3. The SMILES string of the molecule is NCc1ccc(-c2cncn2S(N)(=O)=O)cc1. The van der Waals surface area contributed by atoms with Crippen molar-refractivity contribution in [3.05, 3.63) is 42.4 Å². The van der Waals surface area contributed by atoms with Crippen molar-refractivity contribution >= 4 is 10.2 Å².